The maximum Gasteiger partial charge on any atom is 0.311 e. The third-order valence-electron chi connectivity index (χ3n) is 1.58. The second-order valence-electron chi connectivity index (χ2n) is 2.63. The van der Waals surface area contributed by atoms with Gasteiger partial charge < -0.3 is 10.6 Å². The topological polar surface area (TPSA) is 70.6 Å². The van der Waals surface area contributed by atoms with Crippen LogP contribution in [-0.4, -0.2) is 37.9 Å². The predicted molar refractivity (Wildman–Crippen MR) is 59.8 cm³/mol. The first-order chi connectivity index (χ1) is 7.65. The highest BCUT2D eigenvalue weighted by Gasteiger charge is 2.11. The van der Waals surface area contributed by atoms with Gasteiger partial charge in [-0.05, 0) is 6.08 Å². The Morgan fingerprint density at radius 2 is 2.00 bits per heavy atom. The third kappa shape index (κ3) is 5.69. The molecular formula is C10H14FN3O2. The Balaban J connectivity index is 4.12. The zero-order chi connectivity index (χ0) is 12.4. The SMILES string of the molecule is C=C/C=C\C(CNC(=O)C(=O)NCF)=N/C. The van der Waals surface area contributed by atoms with Gasteiger partial charge in [-0.3, -0.25) is 14.6 Å². The van der Waals surface area contributed by atoms with Crippen LogP contribution in [0.4, 0.5) is 4.39 Å². The number of rotatable bonds is 5. The summed E-state index contributed by atoms with van der Waals surface area (Å²) in [6.07, 6.45) is 4.85. The first-order valence-corrected chi connectivity index (χ1v) is 4.52. The average molecular weight is 227 g/mol. The molecule has 0 aliphatic heterocycles. The van der Waals surface area contributed by atoms with E-state index in [-0.39, 0.29) is 6.54 Å². The van der Waals surface area contributed by atoms with Crippen LogP contribution in [0, 0.1) is 0 Å². The Kier molecular flexibility index (Phi) is 7.31. The smallest absolute Gasteiger partial charge is 0.311 e. The van der Waals surface area contributed by atoms with Gasteiger partial charge in [-0.25, -0.2) is 4.39 Å². The highest BCUT2D eigenvalue weighted by molar-refractivity contribution is 6.35. The van der Waals surface area contributed by atoms with Crippen LogP contribution in [-0.2, 0) is 9.59 Å². The van der Waals surface area contributed by atoms with E-state index in [1.54, 1.807) is 30.6 Å². The summed E-state index contributed by atoms with van der Waals surface area (Å²) in [7, 11) is 1.55. The number of alkyl halides is 1. The van der Waals surface area contributed by atoms with Gasteiger partial charge in [0.2, 0.25) is 0 Å². The van der Waals surface area contributed by atoms with E-state index >= 15 is 0 Å². The van der Waals surface area contributed by atoms with Crippen LogP contribution in [0.3, 0.4) is 0 Å². The number of nitrogens with zero attached hydrogens (tertiary/aromatic N) is 1. The Labute approximate surface area is 93.1 Å². The molecule has 2 amide bonds. The van der Waals surface area contributed by atoms with E-state index in [9.17, 15) is 14.0 Å². The lowest BCUT2D eigenvalue weighted by molar-refractivity contribution is -0.139. The molecule has 0 bridgehead atoms. The molecule has 0 aromatic heterocycles. The average Bonchev–Trinajstić information content (AvgIpc) is 2.29. The zero-order valence-electron chi connectivity index (χ0n) is 9.00. The van der Waals surface area contributed by atoms with E-state index in [0.29, 0.717) is 5.71 Å². The lowest BCUT2D eigenvalue weighted by Gasteiger charge is -2.03. The van der Waals surface area contributed by atoms with Crippen molar-refractivity contribution in [3.05, 3.63) is 24.8 Å². The molecule has 0 saturated carbocycles. The van der Waals surface area contributed by atoms with Crippen molar-refractivity contribution in [2.24, 2.45) is 4.99 Å². The van der Waals surface area contributed by atoms with Gasteiger partial charge in [0.1, 0.15) is 0 Å². The van der Waals surface area contributed by atoms with Crippen molar-refractivity contribution in [2.45, 2.75) is 0 Å². The molecule has 0 aromatic carbocycles. The van der Waals surface area contributed by atoms with Gasteiger partial charge in [0.15, 0.2) is 6.80 Å². The lowest BCUT2D eigenvalue weighted by atomic mass is 10.3. The molecule has 0 rings (SSSR count). The van der Waals surface area contributed by atoms with Gasteiger partial charge in [-0.1, -0.05) is 18.7 Å². The van der Waals surface area contributed by atoms with Gasteiger partial charge in [0.05, 0.1) is 12.3 Å². The monoisotopic (exact) mass is 227 g/mol. The molecule has 0 radical (unpaired) electrons. The molecule has 0 aromatic rings. The molecule has 0 unspecified atom stereocenters. The highest BCUT2D eigenvalue weighted by atomic mass is 19.1. The molecule has 0 saturated heterocycles. The van der Waals surface area contributed by atoms with E-state index in [0.717, 1.165) is 0 Å². The number of allylic oxidation sites excluding steroid dienone is 2. The first-order valence-electron chi connectivity index (χ1n) is 4.52. The zero-order valence-corrected chi connectivity index (χ0v) is 9.00. The lowest BCUT2D eigenvalue weighted by Crippen LogP contribution is -2.41. The fourth-order valence-corrected chi connectivity index (χ4v) is 0.784. The normalized spacial score (nSPS) is 11.2. The minimum Gasteiger partial charge on any atom is -0.342 e. The standard InChI is InChI=1S/C10H14FN3O2/c1-3-4-5-8(12-2)6-13-9(15)10(16)14-7-11/h3-5H,1,6-7H2,2H3,(H,13,15)(H,14,16)/b5-4-,12-8+. The molecule has 88 valence electrons. The Morgan fingerprint density at radius 1 is 1.38 bits per heavy atom. The van der Waals surface area contributed by atoms with Crippen LogP contribution in [0.2, 0.25) is 0 Å². The summed E-state index contributed by atoms with van der Waals surface area (Å²) in [6, 6.07) is 0. The summed E-state index contributed by atoms with van der Waals surface area (Å²) < 4.78 is 11.7. The Morgan fingerprint density at radius 3 is 2.50 bits per heavy atom. The Hall–Kier alpha value is -1.98. The molecule has 0 heterocycles. The van der Waals surface area contributed by atoms with Crippen LogP contribution in [0.5, 0.6) is 0 Å². The van der Waals surface area contributed by atoms with E-state index in [2.05, 4.69) is 16.9 Å². The van der Waals surface area contributed by atoms with Crippen LogP contribution in [0.25, 0.3) is 0 Å². The van der Waals surface area contributed by atoms with Crippen molar-refractivity contribution in [2.75, 3.05) is 20.4 Å². The van der Waals surface area contributed by atoms with Crippen molar-refractivity contribution in [3.63, 3.8) is 0 Å². The van der Waals surface area contributed by atoms with Crippen LogP contribution >= 0.6 is 0 Å². The second kappa shape index (κ2) is 8.34. The molecule has 0 spiro atoms. The first kappa shape index (κ1) is 14.0. The molecule has 0 fully saturated rings. The van der Waals surface area contributed by atoms with Crippen molar-refractivity contribution in [1.82, 2.24) is 10.6 Å². The molecular weight excluding hydrogens is 213 g/mol. The molecule has 2 N–H and O–H groups in total. The van der Waals surface area contributed by atoms with Gasteiger partial charge in [-0.15, -0.1) is 0 Å². The quantitative estimate of drug-likeness (QED) is 0.299. The van der Waals surface area contributed by atoms with Crippen LogP contribution in [0.15, 0.2) is 29.8 Å². The van der Waals surface area contributed by atoms with E-state index in [4.69, 9.17) is 0 Å². The van der Waals surface area contributed by atoms with Crippen LogP contribution < -0.4 is 10.6 Å². The fourth-order valence-electron chi connectivity index (χ4n) is 0.784. The second-order valence-corrected chi connectivity index (χ2v) is 2.63. The number of amides is 2. The Bertz CT molecular complexity index is 324. The summed E-state index contributed by atoms with van der Waals surface area (Å²) in [4.78, 5) is 25.7. The summed E-state index contributed by atoms with van der Waals surface area (Å²) in [6.45, 7) is 2.50. The van der Waals surface area contributed by atoms with Gasteiger partial charge in [0, 0.05) is 7.05 Å². The summed E-state index contributed by atoms with van der Waals surface area (Å²) in [5, 5.41) is 4.03. The minimum absolute atomic E-state index is 0.0966. The van der Waals surface area contributed by atoms with Crippen molar-refractivity contribution < 1.29 is 14.0 Å². The van der Waals surface area contributed by atoms with Crippen molar-refractivity contribution in [1.29, 1.82) is 0 Å². The summed E-state index contributed by atoms with van der Waals surface area (Å²) >= 11 is 0. The molecule has 5 nitrogen and oxygen atoms in total. The van der Waals surface area contributed by atoms with E-state index in [1.165, 1.54) is 0 Å². The molecule has 0 atom stereocenters. The van der Waals surface area contributed by atoms with Gasteiger partial charge in [0.25, 0.3) is 0 Å². The number of halogens is 1. The van der Waals surface area contributed by atoms with Gasteiger partial charge in [-0.2, -0.15) is 0 Å². The van der Waals surface area contributed by atoms with Crippen LogP contribution in [0.1, 0.15) is 0 Å². The predicted octanol–water partition coefficient (Wildman–Crippen LogP) is -0.0412. The number of hydrogen-bond donors (Lipinski definition) is 2. The minimum atomic E-state index is -1.07. The van der Waals surface area contributed by atoms with E-state index < -0.39 is 18.6 Å². The summed E-state index contributed by atoms with van der Waals surface area (Å²) in [5.74, 6) is -1.91. The number of nitrogens with one attached hydrogen (secondary N) is 2. The molecule has 6 heteroatoms. The maximum absolute atomic E-state index is 11.7. The molecule has 0 aliphatic carbocycles. The number of aliphatic imine (C=N–C) groups is 1. The maximum atomic E-state index is 11.7. The number of hydrogen-bond acceptors (Lipinski definition) is 3. The van der Waals surface area contributed by atoms with Crippen molar-refractivity contribution in [3.8, 4) is 0 Å². The molecule has 0 aliphatic rings. The molecule has 16 heavy (non-hydrogen) atoms. The van der Waals surface area contributed by atoms with Gasteiger partial charge >= 0.3 is 11.8 Å². The summed E-state index contributed by atoms with van der Waals surface area (Å²) in [5.41, 5.74) is 0.571. The highest BCUT2D eigenvalue weighted by Crippen LogP contribution is 1.82. The number of carbonyl (C=O) groups is 2. The largest absolute Gasteiger partial charge is 0.342 e. The van der Waals surface area contributed by atoms with E-state index in [1.807, 2.05) is 0 Å². The third-order valence-corrected chi connectivity index (χ3v) is 1.58. The van der Waals surface area contributed by atoms with Crippen molar-refractivity contribution >= 4 is 17.5 Å². The fraction of sp³-hybridized carbons (Fsp3) is 0.300. The number of carbonyl (C=O) groups excluding carboxylic acids is 2.